The van der Waals surface area contributed by atoms with E-state index in [4.69, 9.17) is 14.5 Å². The number of hydrogen-bond donors (Lipinski definition) is 1. The molecule has 0 spiro atoms. The van der Waals surface area contributed by atoms with E-state index in [2.05, 4.69) is 32.7 Å². The highest BCUT2D eigenvalue weighted by molar-refractivity contribution is 6.01. The number of para-hydroxylation sites is 1. The maximum atomic E-state index is 13.1. The summed E-state index contributed by atoms with van der Waals surface area (Å²) in [7, 11) is 3.54. The number of hydrogen-bond acceptors (Lipinski definition) is 5. The Morgan fingerprint density at radius 2 is 2.05 bits per heavy atom. The van der Waals surface area contributed by atoms with E-state index < -0.39 is 12.8 Å². The number of benzene rings is 2. The highest BCUT2D eigenvalue weighted by Gasteiger charge is 2.28. The first-order chi connectivity index (χ1) is 19.5. The van der Waals surface area contributed by atoms with Gasteiger partial charge >= 0.3 is 6.09 Å². The van der Waals surface area contributed by atoms with Crippen LogP contribution in [0.25, 0.3) is 33.5 Å². The summed E-state index contributed by atoms with van der Waals surface area (Å²) in [6.07, 6.45) is 3.00. The molecule has 0 radical (unpaired) electrons. The number of amides is 2. The largest absolute Gasteiger partial charge is 0.488 e. The number of imidazole rings is 1. The Bertz CT molecular complexity index is 1590. The molecule has 10 heteroatoms. The predicted molar refractivity (Wildman–Crippen MR) is 150 cm³/mol. The molecule has 210 valence electrons. The Balaban J connectivity index is 1.38. The zero-order valence-electron chi connectivity index (χ0n) is 22.9. The first kappa shape index (κ1) is 26.2. The van der Waals surface area contributed by atoms with Crippen molar-refractivity contribution in [2.24, 2.45) is 13.0 Å². The molecule has 0 saturated heterocycles. The van der Waals surface area contributed by atoms with Gasteiger partial charge in [-0.05, 0) is 61.4 Å². The Hall–Kier alpha value is -4.08. The van der Waals surface area contributed by atoms with E-state index >= 15 is 0 Å². The third-order valence-corrected chi connectivity index (χ3v) is 7.86. The molecule has 3 heterocycles. The van der Waals surface area contributed by atoms with Gasteiger partial charge in [-0.25, -0.2) is 9.78 Å². The molecule has 40 heavy (non-hydrogen) atoms. The lowest BCUT2D eigenvalue weighted by Crippen LogP contribution is -2.38. The van der Waals surface area contributed by atoms with Gasteiger partial charge in [-0.15, -0.1) is 0 Å². The molecule has 2 aliphatic rings. The molecular weight excluding hydrogens is 513 g/mol. The molecule has 0 atom stereocenters. The van der Waals surface area contributed by atoms with Crippen molar-refractivity contribution in [2.75, 3.05) is 40.0 Å². The summed E-state index contributed by atoms with van der Waals surface area (Å²) >= 11 is 0. The second kappa shape index (κ2) is 10.8. The standard InChI is InChI=1S/C30H34FN5O4/c1-32-30(38)40-14-13-39-26-6-3-5-21-16-25(36(27(21)26)18-19-7-8-19)28-33-23-17-22-20(15-24(23)34(28)2)9-12-35(29(22)37)11-4-10-31/h3,5-6,15-17,19H,4,7-14,18H2,1-2H3,(H,32,38). The van der Waals surface area contributed by atoms with Gasteiger partial charge in [0.2, 0.25) is 0 Å². The van der Waals surface area contributed by atoms with Crippen LogP contribution < -0.4 is 10.1 Å². The Kier molecular flexibility index (Phi) is 7.08. The summed E-state index contributed by atoms with van der Waals surface area (Å²) in [6, 6.07) is 12.1. The molecule has 1 aliphatic carbocycles. The second-order valence-electron chi connectivity index (χ2n) is 10.6. The van der Waals surface area contributed by atoms with E-state index in [1.165, 1.54) is 19.9 Å². The number of aromatic nitrogens is 3. The number of ether oxygens (including phenoxy) is 2. The van der Waals surface area contributed by atoms with Crippen LogP contribution in [0.4, 0.5) is 9.18 Å². The number of carbonyl (C=O) groups excluding carboxylic acids is 2. The van der Waals surface area contributed by atoms with Crippen molar-refractivity contribution in [3.05, 3.63) is 47.5 Å². The monoisotopic (exact) mass is 547 g/mol. The van der Waals surface area contributed by atoms with E-state index in [9.17, 15) is 14.0 Å². The van der Waals surface area contributed by atoms with Crippen molar-refractivity contribution in [3.63, 3.8) is 0 Å². The molecule has 0 unspecified atom stereocenters. The fourth-order valence-electron chi connectivity index (χ4n) is 5.61. The molecule has 9 nitrogen and oxygen atoms in total. The number of halogens is 1. The highest BCUT2D eigenvalue weighted by atomic mass is 19.1. The minimum absolute atomic E-state index is 0.0474. The van der Waals surface area contributed by atoms with Crippen molar-refractivity contribution in [3.8, 4) is 17.3 Å². The highest BCUT2D eigenvalue weighted by Crippen LogP contribution is 2.39. The second-order valence-corrected chi connectivity index (χ2v) is 10.6. The third-order valence-electron chi connectivity index (χ3n) is 7.86. The van der Waals surface area contributed by atoms with Gasteiger partial charge in [0.1, 0.15) is 19.0 Å². The minimum atomic E-state index is -0.487. The van der Waals surface area contributed by atoms with Gasteiger partial charge < -0.3 is 28.8 Å². The van der Waals surface area contributed by atoms with Crippen LogP contribution in [0.3, 0.4) is 0 Å². The quantitative estimate of drug-likeness (QED) is 0.291. The maximum absolute atomic E-state index is 13.1. The van der Waals surface area contributed by atoms with E-state index in [0.717, 1.165) is 57.7 Å². The van der Waals surface area contributed by atoms with Gasteiger partial charge in [0, 0.05) is 44.7 Å². The number of rotatable bonds is 10. The van der Waals surface area contributed by atoms with Crippen LogP contribution in [0.5, 0.6) is 5.75 Å². The third kappa shape index (κ3) is 4.87. The molecule has 1 N–H and O–H groups in total. The summed E-state index contributed by atoms with van der Waals surface area (Å²) in [5.41, 5.74) is 5.40. The molecule has 0 bridgehead atoms. The minimum Gasteiger partial charge on any atom is -0.488 e. The van der Waals surface area contributed by atoms with E-state index in [-0.39, 0.29) is 19.1 Å². The van der Waals surface area contributed by atoms with Crippen LogP contribution in [0, 0.1) is 5.92 Å². The SMILES string of the molecule is CNC(=O)OCCOc1cccc2cc(-c3nc4cc5c(cc4n3C)CCN(CCCF)C5=O)n(CC3CC3)c12. The fourth-order valence-corrected chi connectivity index (χ4v) is 5.61. The van der Waals surface area contributed by atoms with Crippen LogP contribution in [0.2, 0.25) is 0 Å². The Morgan fingerprint density at radius 1 is 1.20 bits per heavy atom. The number of alkyl carbamates (subject to hydrolysis) is 1. The lowest BCUT2D eigenvalue weighted by atomic mass is 9.98. The first-order valence-corrected chi connectivity index (χ1v) is 13.9. The van der Waals surface area contributed by atoms with Crippen molar-refractivity contribution in [1.82, 2.24) is 24.3 Å². The molecule has 2 aromatic carbocycles. The van der Waals surface area contributed by atoms with Gasteiger partial charge in [0.25, 0.3) is 5.91 Å². The predicted octanol–water partition coefficient (Wildman–Crippen LogP) is 4.70. The van der Waals surface area contributed by atoms with Gasteiger partial charge in [0.15, 0.2) is 5.82 Å². The summed E-state index contributed by atoms with van der Waals surface area (Å²) in [5, 5.41) is 3.48. The lowest BCUT2D eigenvalue weighted by molar-refractivity contribution is 0.0735. The maximum Gasteiger partial charge on any atom is 0.406 e. The molecular formula is C30H34FN5O4. The average Bonchev–Trinajstić information content (AvgIpc) is 3.63. The number of alkyl halides is 1. The zero-order chi connectivity index (χ0) is 27.8. The average molecular weight is 548 g/mol. The molecule has 1 saturated carbocycles. The molecule has 1 fully saturated rings. The number of fused-ring (bicyclic) bond motifs is 3. The number of aryl methyl sites for hydroxylation is 1. The van der Waals surface area contributed by atoms with Crippen molar-refractivity contribution < 1.29 is 23.5 Å². The molecule has 6 rings (SSSR count). The summed E-state index contributed by atoms with van der Waals surface area (Å²) in [6.45, 7) is 1.86. The number of nitrogens with zero attached hydrogens (tertiary/aromatic N) is 4. The molecule has 1 aliphatic heterocycles. The van der Waals surface area contributed by atoms with E-state index in [0.29, 0.717) is 31.0 Å². The first-order valence-electron chi connectivity index (χ1n) is 13.9. The van der Waals surface area contributed by atoms with Crippen molar-refractivity contribution in [2.45, 2.75) is 32.2 Å². The smallest absolute Gasteiger partial charge is 0.406 e. The summed E-state index contributed by atoms with van der Waals surface area (Å²) < 4.78 is 28.3. The van der Waals surface area contributed by atoms with Crippen LogP contribution in [0.1, 0.15) is 35.2 Å². The Morgan fingerprint density at radius 3 is 2.83 bits per heavy atom. The van der Waals surface area contributed by atoms with Crippen LogP contribution in [-0.2, 0) is 24.8 Å². The van der Waals surface area contributed by atoms with E-state index in [1.54, 1.807) is 4.90 Å². The molecule has 2 amide bonds. The normalized spacial score (nSPS) is 15.1. The zero-order valence-corrected chi connectivity index (χ0v) is 22.9. The molecule has 2 aromatic heterocycles. The molecule has 4 aromatic rings. The fraction of sp³-hybridized carbons (Fsp3) is 0.433. The van der Waals surface area contributed by atoms with Crippen LogP contribution in [0.15, 0.2) is 36.4 Å². The van der Waals surface area contributed by atoms with Gasteiger partial charge in [-0.1, -0.05) is 12.1 Å². The van der Waals surface area contributed by atoms with Gasteiger partial charge in [-0.3, -0.25) is 9.18 Å². The van der Waals surface area contributed by atoms with E-state index in [1.807, 2.05) is 25.2 Å². The topological polar surface area (TPSA) is 90.6 Å². The number of carbonyl (C=O) groups is 2. The van der Waals surface area contributed by atoms with Gasteiger partial charge in [-0.2, -0.15) is 0 Å². The van der Waals surface area contributed by atoms with Gasteiger partial charge in [0.05, 0.1) is 28.9 Å². The summed E-state index contributed by atoms with van der Waals surface area (Å²) in [5.74, 6) is 2.12. The van der Waals surface area contributed by atoms with Crippen molar-refractivity contribution >= 4 is 33.9 Å². The summed E-state index contributed by atoms with van der Waals surface area (Å²) in [4.78, 5) is 31.3. The van der Waals surface area contributed by atoms with Crippen LogP contribution >= 0.6 is 0 Å². The van der Waals surface area contributed by atoms with Crippen LogP contribution in [-0.4, -0.2) is 71.0 Å². The number of nitrogens with one attached hydrogen (secondary N) is 1. The Labute approximate surface area is 231 Å². The lowest BCUT2D eigenvalue weighted by Gasteiger charge is -2.28. The van der Waals surface area contributed by atoms with Crippen molar-refractivity contribution in [1.29, 1.82) is 0 Å².